The number of aromatic nitrogens is 3. The van der Waals surface area contributed by atoms with E-state index in [0.29, 0.717) is 5.02 Å². The molecule has 3 nitrogen and oxygen atoms in total. The second kappa shape index (κ2) is 2.69. The van der Waals surface area contributed by atoms with Gasteiger partial charge in [0.25, 0.3) is 0 Å². The topological polar surface area (TPSA) is 30.2 Å². The van der Waals surface area contributed by atoms with Crippen molar-refractivity contribution >= 4 is 28.2 Å². The van der Waals surface area contributed by atoms with E-state index in [4.69, 9.17) is 11.6 Å². The summed E-state index contributed by atoms with van der Waals surface area (Å²) in [5.74, 6) is 0. The standard InChI is InChI=1S/C10H6ClN3/c11-8-5-10-13-12-6-14(10)9-4-2-1-3-7(8)9/h1-6H. The monoisotopic (exact) mass is 203 g/mol. The summed E-state index contributed by atoms with van der Waals surface area (Å²) in [6.07, 6.45) is 1.69. The van der Waals surface area contributed by atoms with Crippen molar-refractivity contribution in [3.63, 3.8) is 0 Å². The first-order valence-corrected chi connectivity index (χ1v) is 4.61. The maximum Gasteiger partial charge on any atom is 0.162 e. The Kier molecular flexibility index (Phi) is 1.49. The number of fused-ring (bicyclic) bond motifs is 3. The number of nitrogens with zero attached hydrogens (tertiary/aromatic N) is 3. The summed E-state index contributed by atoms with van der Waals surface area (Å²) in [7, 11) is 0. The lowest BCUT2D eigenvalue weighted by atomic mass is 10.2. The van der Waals surface area contributed by atoms with Gasteiger partial charge in [0.2, 0.25) is 0 Å². The Balaban J connectivity index is 2.67. The molecule has 0 radical (unpaired) electrons. The van der Waals surface area contributed by atoms with E-state index in [0.717, 1.165) is 16.6 Å². The maximum atomic E-state index is 6.11. The highest BCUT2D eigenvalue weighted by Gasteiger charge is 2.04. The number of hydrogen-bond donors (Lipinski definition) is 0. The molecule has 0 unspecified atom stereocenters. The van der Waals surface area contributed by atoms with Crippen molar-refractivity contribution in [2.24, 2.45) is 0 Å². The molecule has 0 atom stereocenters. The zero-order valence-corrected chi connectivity index (χ0v) is 7.94. The van der Waals surface area contributed by atoms with Crippen molar-refractivity contribution in [3.05, 3.63) is 41.7 Å². The fourth-order valence-corrected chi connectivity index (χ4v) is 1.86. The van der Waals surface area contributed by atoms with Crippen molar-refractivity contribution in [1.29, 1.82) is 0 Å². The summed E-state index contributed by atoms with van der Waals surface area (Å²) in [5, 5.41) is 9.53. The Morgan fingerprint density at radius 1 is 1.21 bits per heavy atom. The van der Waals surface area contributed by atoms with Gasteiger partial charge in [-0.2, -0.15) is 0 Å². The lowest BCUT2D eigenvalue weighted by Crippen LogP contribution is -1.87. The Morgan fingerprint density at radius 2 is 2.07 bits per heavy atom. The fraction of sp³-hybridized carbons (Fsp3) is 0. The molecule has 3 rings (SSSR count). The number of rotatable bonds is 0. The second-order valence-electron chi connectivity index (χ2n) is 3.07. The van der Waals surface area contributed by atoms with Gasteiger partial charge in [-0.25, -0.2) is 0 Å². The summed E-state index contributed by atoms with van der Waals surface area (Å²) in [5.41, 5.74) is 1.80. The first-order chi connectivity index (χ1) is 6.86. The number of halogens is 1. The summed E-state index contributed by atoms with van der Waals surface area (Å²) < 4.78 is 1.92. The van der Waals surface area contributed by atoms with Crippen molar-refractivity contribution in [3.8, 4) is 0 Å². The molecular formula is C10H6ClN3. The highest BCUT2D eigenvalue weighted by molar-refractivity contribution is 6.35. The molecule has 0 aliphatic rings. The molecule has 68 valence electrons. The Hall–Kier alpha value is -1.61. The Morgan fingerprint density at radius 3 is 3.00 bits per heavy atom. The van der Waals surface area contributed by atoms with Crippen LogP contribution in [0.25, 0.3) is 16.6 Å². The summed E-state index contributed by atoms with van der Waals surface area (Å²) in [4.78, 5) is 0. The lowest BCUT2D eigenvalue weighted by molar-refractivity contribution is 1.11. The molecule has 0 spiro atoms. The first kappa shape index (κ1) is 7.76. The minimum absolute atomic E-state index is 0.709. The minimum Gasteiger partial charge on any atom is -0.281 e. The highest BCUT2D eigenvalue weighted by atomic mass is 35.5. The van der Waals surface area contributed by atoms with Crippen molar-refractivity contribution in [2.45, 2.75) is 0 Å². The van der Waals surface area contributed by atoms with Crippen LogP contribution in [0, 0.1) is 0 Å². The van der Waals surface area contributed by atoms with Crippen LogP contribution >= 0.6 is 11.6 Å². The van der Waals surface area contributed by atoms with Crippen LogP contribution in [0.5, 0.6) is 0 Å². The zero-order valence-electron chi connectivity index (χ0n) is 7.18. The van der Waals surface area contributed by atoms with E-state index in [-0.39, 0.29) is 0 Å². The van der Waals surface area contributed by atoms with E-state index in [2.05, 4.69) is 10.2 Å². The van der Waals surface area contributed by atoms with Crippen LogP contribution in [0.2, 0.25) is 5.02 Å². The van der Waals surface area contributed by atoms with Gasteiger partial charge in [-0.15, -0.1) is 10.2 Å². The number of pyridine rings is 1. The van der Waals surface area contributed by atoms with E-state index in [1.807, 2.05) is 34.7 Å². The quantitative estimate of drug-likeness (QED) is 0.562. The van der Waals surface area contributed by atoms with Crippen LogP contribution in [-0.4, -0.2) is 14.6 Å². The van der Waals surface area contributed by atoms with Crippen LogP contribution in [0.3, 0.4) is 0 Å². The van der Waals surface area contributed by atoms with E-state index in [9.17, 15) is 0 Å². The van der Waals surface area contributed by atoms with Gasteiger partial charge in [0.1, 0.15) is 6.33 Å². The van der Waals surface area contributed by atoms with Gasteiger partial charge in [-0.3, -0.25) is 4.40 Å². The lowest BCUT2D eigenvalue weighted by Gasteiger charge is -2.02. The molecule has 4 heteroatoms. The molecule has 2 aromatic heterocycles. The molecular weight excluding hydrogens is 198 g/mol. The SMILES string of the molecule is Clc1cc2nncn2c2ccccc12. The molecule has 0 aliphatic heterocycles. The van der Waals surface area contributed by atoms with Crippen molar-refractivity contribution in [2.75, 3.05) is 0 Å². The summed E-state index contributed by atoms with van der Waals surface area (Å²) >= 11 is 6.11. The van der Waals surface area contributed by atoms with Gasteiger partial charge in [0.15, 0.2) is 5.65 Å². The molecule has 2 heterocycles. The molecule has 14 heavy (non-hydrogen) atoms. The van der Waals surface area contributed by atoms with E-state index in [1.54, 1.807) is 6.33 Å². The van der Waals surface area contributed by atoms with Crippen LogP contribution in [0.4, 0.5) is 0 Å². The van der Waals surface area contributed by atoms with Crippen LogP contribution in [0.1, 0.15) is 0 Å². The number of hydrogen-bond acceptors (Lipinski definition) is 2. The minimum atomic E-state index is 0.709. The summed E-state index contributed by atoms with van der Waals surface area (Å²) in [6.45, 7) is 0. The predicted octanol–water partition coefficient (Wildman–Crippen LogP) is 2.54. The molecule has 1 aromatic carbocycles. The van der Waals surface area contributed by atoms with Gasteiger partial charge in [-0.05, 0) is 6.07 Å². The average Bonchev–Trinajstić information content (AvgIpc) is 2.66. The normalized spacial score (nSPS) is 11.2. The van der Waals surface area contributed by atoms with Gasteiger partial charge in [-0.1, -0.05) is 29.8 Å². The molecule has 0 aliphatic carbocycles. The molecule has 0 amide bonds. The number of para-hydroxylation sites is 1. The molecule has 0 fully saturated rings. The zero-order chi connectivity index (χ0) is 9.54. The Labute approximate surface area is 84.9 Å². The molecule has 3 aromatic rings. The largest absolute Gasteiger partial charge is 0.281 e. The average molecular weight is 204 g/mol. The maximum absolute atomic E-state index is 6.11. The third-order valence-electron chi connectivity index (χ3n) is 2.25. The van der Waals surface area contributed by atoms with Crippen LogP contribution in [0.15, 0.2) is 36.7 Å². The third-order valence-corrected chi connectivity index (χ3v) is 2.56. The van der Waals surface area contributed by atoms with Crippen molar-refractivity contribution < 1.29 is 0 Å². The van der Waals surface area contributed by atoms with E-state index < -0.39 is 0 Å². The fourth-order valence-electron chi connectivity index (χ4n) is 1.60. The van der Waals surface area contributed by atoms with Crippen molar-refractivity contribution in [1.82, 2.24) is 14.6 Å². The predicted molar refractivity (Wildman–Crippen MR) is 55.5 cm³/mol. The molecule has 0 bridgehead atoms. The van der Waals surface area contributed by atoms with E-state index >= 15 is 0 Å². The van der Waals surface area contributed by atoms with Gasteiger partial charge < -0.3 is 0 Å². The molecule has 0 saturated heterocycles. The Bertz CT molecular complexity index is 615. The molecule has 0 saturated carbocycles. The van der Waals surface area contributed by atoms with Crippen LogP contribution < -0.4 is 0 Å². The summed E-state index contributed by atoms with van der Waals surface area (Å²) in [6, 6.07) is 9.73. The first-order valence-electron chi connectivity index (χ1n) is 4.23. The number of benzene rings is 1. The van der Waals surface area contributed by atoms with Crippen LogP contribution in [-0.2, 0) is 0 Å². The smallest absolute Gasteiger partial charge is 0.162 e. The van der Waals surface area contributed by atoms with Gasteiger partial charge in [0.05, 0.1) is 10.5 Å². The molecule has 0 N–H and O–H groups in total. The van der Waals surface area contributed by atoms with Gasteiger partial charge >= 0.3 is 0 Å². The van der Waals surface area contributed by atoms with E-state index in [1.165, 1.54) is 0 Å². The third kappa shape index (κ3) is 0.930. The highest BCUT2D eigenvalue weighted by Crippen LogP contribution is 2.24. The van der Waals surface area contributed by atoms with Gasteiger partial charge in [0, 0.05) is 11.5 Å². The second-order valence-corrected chi connectivity index (χ2v) is 3.48.